The zero-order chi connectivity index (χ0) is 26.3. The van der Waals surface area contributed by atoms with Gasteiger partial charge in [0.05, 0.1) is 11.9 Å². The molecular weight excluding hydrogens is 500 g/mol. The molecule has 0 saturated carbocycles. The van der Waals surface area contributed by atoms with Gasteiger partial charge in [-0.25, -0.2) is 17.2 Å². The largest absolute Gasteiger partial charge is 0.352 e. The molecule has 2 aromatic rings. The number of halogens is 3. The maximum atomic E-state index is 13.8. The van der Waals surface area contributed by atoms with Crippen LogP contribution in [-0.2, 0) is 26.2 Å². The number of rotatable bonds is 11. The average molecular weight is 530 g/mol. The lowest BCUT2D eigenvalue weighted by Gasteiger charge is -2.33. The fourth-order valence-electron chi connectivity index (χ4n) is 3.42. The highest BCUT2D eigenvalue weighted by Gasteiger charge is 2.32. The Labute approximate surface area is 210 Å². The first-order valence-corrected chi connectivity index (χ1v) is 13.4. The predicted molar refractivity (Wildman–Crippen MR) is 133 cm³/mol. The van der Waals surface area contributed by atoms with E-state index in [1.54, 1.807) is 31.2 Å². The zero-order valence-corrected chi connectivity index (χ0v) is 21.7. The van der Waals surface area contributed by atoms with Gasteiger partial charge in [0.2, 0.25) is 21.8 Å². The van der Waals surface area contributed by atoms with Gasteiger partial charge in [-0.3, -0.25) is 13.9 Å². The minimum absolute atomic E-state index is 0.0552. The van der Waals surface area contributed by atoms with Gasteiger partial charge in [0.1, 0.15) is 12.6 Å². The number of benzene rings is 2. The lowest BCUT2D eigenvalue weighted by atomic mass is 10.1. The highest BCUT2D eigenvalue weighted by Crippen LogP contribution is 2.23. The van der Waals surface area contributed by atoms with Crippen molar-refractivity contribution in [3.05, 3.63) is 64.7 Å². The number of carbonyl (C=O) groups excluding carboxylic acids is 2. The van der Waals surface area contributed by atoms with E-state index in [1.165, 1.54) is 4.90 Å². The number of hydrogen-bond acceptors (Lipinski definition) is 4. The van der Waals surface area contributed by atoms with E-state index in [1.807, 2.05) is 13.8 Å². The molecule has 0 radical (unpaired) electrons. The van der Waals surface area contributed by atoms with E-state index < -0.39 is 40.2 Å². The van der Waals surface area contributed by atoms with Crippen LogP contribution in [-0.4, -0.2) is 50.0 Å². The lowest BCUT2D eigenvalue weighted by molar-refractivity contribution is -0.140. The number of nitrogens with zero attached hydrogens (tertiary/aromatic N) is 2. The molecule has 11 heteroatoms. The minimum atomic E-state index is -4.06. The van der Waals surface area contributed by atoms with Gasteiger partial charge in [0.25, 0.3) is 0 Å². The number of anilines is 1. The topological polar surface area (TPSA) is 86.8 Å². The van der Waals surface area contributed by atoms with Gasteiger partial charge in [-0.2, -0.15) is 0 Å². The van der Waals surface area contributed by atoms with Crippen LogP contribution in [0.1, 0.15) is 39.2 Å². The molecular formula is C24H30ClF2N3O4S. The van der Waals surface area contributed by atoms with Crippen LogP contribution < -0.4 is 9.62 Å². The van der Waals surface area contributed by atoms with E-state index >= 15 is 0 Å². The number of hydrogen-bond donors (Lipinski definition) is 1. The molecule has 35 heavy (non-hydrogen) atoms. The van der Waals surface area contributed by atoms with Gasteiger partial charge in [-0.1, -0.05) is 43.6 Å². The summed E-state index contributed by atoms with van der Waals surface area (Å²) in [5.41, 5.74) is 0.352. The molecule has 0 spiro atoms. The van der Waals surface area contributed by atoms with E-state index in [9.17, 15) is 26.8 Å². The first-order chi connectivity index (χ1) is 16.4. The Morgan fingerprint density at radius 1 is 1.06 bits per heavy atom. The quantitative estimate of drug-likeness (QED) is 0.474. The Balaban J connectivity index is 2.47. The molecule has 2 rings (SSSR count). The van der Waals surface area contributed by atoms with Gasteiger partial charge in [0.15, 0.2) is 11.6 Å². The smallest absolute Gasteiger partial charge is 0.244 e. The number of sulfonamides is 1. The molecule has 0 bridgehead atoms. The van der Waals surface area contributed by atoms with Crippen LogP contribution in [0.15, 0.2) is 42.5 Å². The fraction of sp³-hybridized carbons (Fsp3) is 0.417. The molecule has 2 atom stereocenters. The van der Waals surface area contributed by atoms with Crippen molar-refractivity contribution < 1.29 is 26.8 Å². The van der Waals surface area contributed by atoms with E-state index in [-0.39, 0.29) is 30.6 Å². The molecule has 7 nitrogen and oxygen atoms in total. The summed E-state index contributed by atoms with van der Waals surface area (Å²) in [7, 11) is -4.06. The Bertz CT molecular complexity index is 1160. The van der Waals surface area contributed by atoms with Crippen molar-refractivity contribution in [1.82, 2.24) is 10.2 Å². The summed E-state index contributed by atoms with van der Waals surface area (Å²) in [5, 5.41) is 3.23. The van der Waals surface area contributed by atoms with Gasteiger partial charge < -0.3 is 10.2 Å². The van der Waals surface area contributed by atoms with Crippen molar-refractivity contribution in [2.75, 3.05) is 17.1 Å². The lowest BCUT2D eigenvalue weighted by Crippen LogP contribution is -2.53. The Morgan fingerprint density at radius 2 is 1.71 bits per heavy atom. The second-order valence-corrected chi connectivity index (χ2v) is 10.5. The Morgan fingerprint density at radius 3 is 2.26 bits per heavy atom. The molecule has 0 aromatic heterocycles. The van der Waals surface area contributed by atoms with Crippen LogP contribution in [0.2, 0.25) is 5.02 Å². The van der Waals surface area contributed by atoms with Crippen molar-refractivity contribution in [1.29, 1.82) is 0 Å². The molecule has 2 aromatic carbocycles. The van der Waals surface area contributed by atoms with Crippen molar-refractivity contribution >= 4 is 39.1 Å². The standard InChI is InChI=1S/C24H30ClF2N3O4S/c1-5-16(3)28-24(32)22(6-2)29(14-17-9-7-8-10-19(17)25)23(31)15-30(35(4,33)34)18-11-12-20(26)21(27)13-18/h7-13,16,22H,5-6,14-15H2,1-4H3,(H,28,32)/t16-,22+/m0/s1. The number of amides is 2. The molecule has 0 saturated heterocycles. The van der Waals surface area contributed by atoms with Crippen LogP contribution in [0.25, 0.3) is 0 Å². The second kappa shape index (κ2) is 12.3. The second-order valence-electron chi connectivity index (χ2n) is 8.22. The van der Waals surface area contributed by atoms with Gasteiger partial charge in [-0.15, -0.1) is 0 Å². The van der Waals surface area contributed by atoms with E-state index in [0.29, 0.717) is 27.4 Å². The molecule has 0 aliphatic carbocycles. The first kappa shape index (κ1) is 28.5. The molecule has 0 heterocycles. The minimum Gasteiger partial charge on any atom is -0.352 e. The predicted octanol–water partition coefficient (Wildman–Crippen LogP) is 4.11. The van der Waals surface area contributed by atoms with E-state index in [2.05, 4.69) is 5.32 Å². The third-order valence-electron chi connectivity index (χ3n) is 5.56. The van der Waals surface area contributed by atoms with Crippen molar-refractivity contribution in [2.45, 2.75) is 52.2 Å². The first-order valence-electron chi connectivity index (χ1n) is 11.1. The van der Waals surface area contributed by atoms with Crippen molar-refractivity contribution in [2.24, 2.45) is 0 Å². The van der Waals surface area contributed by atoms with E-state index in [4.69, 9.17) is 11.6 Å². The fourth-order valence-corrected chi connectivity index (χ4v) is 4.46. The Kier molecular flexibility index (Phi) is 10.0. The van der Waals surface area contributed by atoms with Crippen LogP contribution in [0.5, 0.6) is 0 Å². The van der Waals surface area contributed by atoms with Crippen LogP contribution in [0.4, 0.5) is 14.5 Å². The monoisotopic (exact) mass is 529 g/mol. The summed E-state index contributed by atoms with van der Waals surface area (Å²) < 4.78 is 52.9. The summed E-state index contributed by atoms with van der Waals surface area (Å²) in [6, 6.07) is 8.29. The SMILES string of the molecule is CC[C@H](C(=O)N[C@@H](C)CC)N(Cc1ccccc1Cl)C(=O)CN(c1ccc(F)c(F)c1)S(C)(=O)=O. The summed E-state index contributed by atoms with van der Waals surface area (Å²) in [6.07, 6.45) is 1.79. The van der Waals surface area contributed by atoms with Gasteiger partial charge >= 0.3 is 0 Å². The maximum Gasteiger partial charge on any atom is 0.244 e. The van der Waals surface area contributed by atoms with Crippen LogP contribution in [0.3, 0.4) is 0 Å². The van der Waals surface area contributed by atoms with Gasteiger partial charge in [0, 0.05) is 23.7 Å². The normalized spacial score (nSPS) is 13.1. The van der Waals surface area contributed by atoms with Crippen molar-refractivity contribution in [3.63, 3.8) is 0 Å². The van der Waals surface area contributed by atoms with Gasteiger partial charge in [-0.05, 0) is 43.5 Å². The third-order valence-corrected chi connectivity index (χ3v) is 7.07. The summed E-state index contributed by atoms with van der Waals surface area (Å²) in [4.78, 5) is 27.8. The molecule has 1 N–H and O–H groups in total. The highest BCUT2D eigenvalue weighted by molar-refractivity contribution is 7.92. The number of carbonyl (C=O) groups is 2. The van der Waals surface area contributed by atoms with E-state index in [0.717, 1.165) is 18.4 Å². The molecule has 0 unspecified atom stereocenters. The summed E-state index contributed by atoms with van der Waals surface area (Å²) in [6.45, 7) is 4.70. The van der Waals surface area contributed by atoms with Crippen molar-refractivity contribution in [3.8, 4) is 0 Å². The molecule has 192 valence electrons. The molecule has 0 aliphatic rings. The van der Waals surface area contributed by atoms with Crippen LogP contribution in [0, 0.1) is 11.6 Å². The number of nitrogens with one attached hydrogen (secondary N) is 1. The maximum absolute atomic E-state index is 13.8. The summed E-state index contributed by atoms with van der Waals surface area (Å²) >= 11 is 6.29. The Hall–Kier alpha value is -2.72. The molecule has 0 aliphatic heterocycles. The third kappa shape index (κ3) is 7.63. The summed E-state index contributed by atoms with van der Waals surface area (Å²) in [5.74, 6) is -3.50. The molecule has 0 fully saturated rings. The van der Waals surface area contributed by atoms with Crippen LogP contribution >= 0.6 is 11.6 Å². The molecule has 2 amide bonds. The average Bonchev–Trinajstić information content (AvgIpc) is 2.79. The zero-order valence-electron chi connectivity index (χ0n) is 20.1. The highest BCUT2D eigenvalue weighted by atomic mass is 35.5.